The second-order valence-corrected chi connectivity index (χ2v) is 4.15. The van der Waals surface area contributed by atoms with Crippen LogP contribution in [0.1, 0.15) is 26.5 Å². The fourth-order valence-electron chi connectivity index (χ4n) is 1.32. The molecule has 3 heteroatoms. The van der Waals surface area contributed by atoms with Crippen molar-refractivity contribution in [3.63, 3.8) is 0 Å². The Morgan fingerprint density at radius 1 is 1.31 bits per heavy atom. The van der Waals surface area contributed by atoms with E-state index in [9.17, 15) is 0 Å². The van der Waals surface area contributed by atoms with Gasteiger partial charge in [0.05, 0.1) is 6.20 Å². The van der Waals surface area contributed by atoms with Crippen LogP contribution < -0.4 is 0 Å². The van der Waals surface area contributed by atoms with Gasteiger partial charge in [-0.2, -0.15) is 5.10 Å². The van der Waals surface area contributed by atoms with Gasteiger partial charge in [-0.3, -0.25) is 0 Å². The van der Waals surface area contributed by atoms with E-state index >= 15 is 0 Å². The van der Waals surface area contributed by atoms with Crippen LogP contribution >= 0.6 is 0 Å². The molecule has 0 radical (unpaired) electrons. The zero-order valence-corrected chi connectivity index (χ0v) is 8.03. The molecule has 68 valence electrons. The quantitative estimate of drug-likeness (QED) is 0.619. The van der Waals surface area contributed by atoms with E-state index in [0.717, 1.165) is 16.7 Å². The van der Waals surface area contributed by atoms with Gasteiger partial charge in [0.25, 0.3) is 0 Å². The Bertz CT molecular complexity index is 426. The number of hydrogen-bond donors (Lipinski definition) is 0. The van der Waals surface area contributed by atoms with Crippen molar-refractivity contribution in [2.45, 2.75) is 26.2 Å². The van der Waals surface area contributed by atoms with E-state index < -0.39 is 0 Å². The molecule has 2 heterocycles. The first kappa shape index (κ1) is 8.23. The van der Waals surface area contributed by atoms with Gasteiger partial charge >= 0.3 is 0 Å². The van der Waals surface area contributed by atoms with Gasteiger partial charge in [0, 0.05) is 10.8 Å². The molecule has 0 aliphatic carbocycles. The van der Waals surface area contributed by atoms with Gasteiger partial charge < -0.3 is 4.42 Å². The maximum atomic E-state index is 5.48. The fourth-order valence-corrected chi connectivity index (χ4v) is 1.32. The molecule has 0 aromatic carbocycles. The van der Waals surface area contributed by atoms with Gasteiger partial charge in [0.1, 0.15) is 17.5 Å². The first-order chi connectivity index (χ1) is 6.09. The largest absolute Gasteiger partial charge is 0.466 e. The molecule has 0 unspecified atom stereocenters. The predicted octanol–water partition coefficient (Wildman–Crippen LogP) is 2.52. The summed E-state index contributed by atoms with van der Waals surface area (Å²) in [4.78, 5) is 0. The van der Waals surface area contributed by atoms with E-state index in [2.05, 4.69) is 31.0 Å². The summed E-state index contributed by atoms with van der Waals surface area (Å²) in [6, 6.07) is 1.90. The molecule has 0 saturated heterocycles. The van der Waals surface area contributed by atoms with Crippen molar-refractivity contribution in [2.24, 2.45) is 0 Å². The Labute approximate surface area is 76.8 Å². The van der Waals surface area contributed by atoms with Crippen molar-refractivity contribution in [3.8, 4) is 0 Å². The van der Waals surface area contributed by atoms with Gasteiger partial charge in [-0.05, 0) is 6.07 Å². The summed E-state index contributed by atoms with van der Waals surface area (Å²) in [7, 11) is 0. The smallest absolute Gasteiger partial charge is 0.137 e. The molecular formula is C10H12N2O. The number of rotatable bonds is 0. The highest BCUT2D eigenvalue weighted by Gasteiger charge is 2.21. The second-order valence-electron chi connectivity index (χ2n) is 4.15. The highest BCUT2D eigenvalue weighted by Crippen LogP contribution is 2.29. The van der Waals surface area contributed by atoms with Crippen molar-refractivity contribution in [1.82, 2.24) is 10.2 Å². The molecule has 0 spiro atoms. The van der Waals surface area contributed by atoms with Crippen LogP contribution in [0.5, 0.6) is 0 Å². The fraction of sp³-hybridized carbons (Fsp3) is 0.400. The summed E-state index contributed by atoms with van der Waals surface area (Å²) in [5, 5.41) is 8.93. The molecule has 2 rings (SSSR count). The molecule has 0 atom stereocenters. The van der Waals surface area contributed by atoms with Crippen molar-refractivity contribution in [2.75, 3.05) is 0 Å². The van der Waals surface area contributed by atoms with E-state index in [0.29, 0.717) is 0 Å². The molecular weight excluding hydrogens is 164 g/mol. The lowest BCUT2D eigenvalue weighted by atomic mass is 9.92. The first-order valence-corrected chi connectivity index (χ1v) is 4.28. The van der Waals surface area contributed by atoms with E-state index in [1.165, 1.54) is 0 Å². The summed E-state index contributed by atoms with van der Waals surface area (Å²) in [6.45, 7) is 6.29. The summed E-state index contributed by atoms with van der Waals surface area (Å²) in [6.07, 6.45) is 3.40. The molecule has 2 aromatic heterocycles. The zero-order chi connectivity index (χ0) is 9.47. The van der Waals surface area contributed by atoms with Crippen molar-refractivity contribution >= 4 is 10.9 Å². The number of aromatic nitrogens is 2. The molecule has 0 saturated carbocycles. The van der Waals surface area contributed by atoms with Crippen LogP contribution in [-0.4, -0.2) is 10.2 Å². The lowest BCUT2D eigenvalue weighted by molar-refractivity contribution is 0.413. The highest BCUT2D eigenvalue weighted by molar-refractivity contribution is 5.79. The van der Waals surface area contributed by atoms with Crippen LogP contribution in [0.15, 0.2) is 22.9 Å². The molecule has 3 nitrogen and oxygen atoms in total. The molecule has 0 aliphatic rings. The third kappa shape index (κ3) is 1.30. The van der Waals surface area contributed by atoms with E-state index in [4.69, 9.17) is 4.42 Å². The Morgan fingerprint density at radius 2 is 2.08 bits per heavy atom. The van der Waals surface area contributed by atoms with Crippen molar-refractivity contribution < 1.29 is 4.42 Å². The summed E-state index contributed by atoms with van der Waals surface area (Å²) in [5.41, 5.74) is 0.854. The van der Waals surface area contributed by atoms with Crippen molar-refractivity contribution in [3.05, 3.63) is 24.3 Å². The van der Waals surface area contributed by atoms with E-state index in [-0.39, 0.29) is 5.41 Å². The molecule has 0 aliphatic heterocycles. The van der Waals surface area contributed by atoms with Gasteiger partial charge in [0.2, 0.25) is 0 Å². The van der Waals surface area contributed by atoms with Crippen LogP contribution in [0.3, 0.4) is 0 Å². The van der Waals surface area contributed by atoms with E-state index in [1.807, 2.05) is 6.07 Å². The second kappa shape index (κ2) is 2.55. The van der Waals surface area contributed by atoms with Gasteiger partial charge in [-0.15, -0.1) is 5.10 Å². The van der Waals surface area contributed by atoms with Gasteiger partial charge in [-0.1, -0.05) is 20.8 Å². The lowest BCUT2D eigenvalue weighted by Crippen LogP contribution is -2.10. The normalized spacial score (nSPS) is 12.2. The topological polar surface area (TPSA) is 38.9 Å². The highest BCUT2D eigenvalue weighted by atomic mass is 16.3. The molecule has 0 amide bonds. The maximum Gasteiger partial charge on any atom is 0.137 e. The summed E-state index contributed by atoms with van der Waals surface area (Å²) < 4.78 is 5.48. The number of hydrogen-bond acceptors (Lipinski definition) is 3. The molecule has 2 aromatic rings. The standard InChI is InChI=1S/C10H12N2O/c1-10(2,3)9-8-7(6-13-9)4-5-11-12-8/h4-6H,1-3H3. The van der Waals surface area contributed by atoms with Gasteiger partial charge in [-0.25, -0.2) is 0 Å². The van der Waals surface area contributed by atoms with Crippen LogP contribution in [0, 0.1) is 0 Å². The number of fused-ring (bicyclic) bond motifs is 1. The molecule has 0 N–H and O–H groups in total. The average molecular weight is 176 g/mol. The Morgan fingerprint density at radius 3 is 2.77 bits per heavy atom. The minimum atomic E-state index is -0.0161. The minimum Gasteiger partial charge on any atom is -0.466 e. The number of furan rings is 1. The van der Waals surface area contributed by atoms with Crippen LogP contribution in [0.2, 0.25) is 0 Å². The third-order valence-corrected chi connectivity index (χ3v) is 1.95. The summed E-state index contributed by atoms with van der Waals surface area (Å²) >= 11 is 0. The van der Waals surface area contributed by atoms with Crippen LogP contribution in [0.25, 0.3) is 10.9 Å². The Hall–Kier alpha value is -1.38. The maximum absolute atomic E-state index is 5.48. The number of nitrogens with zero attached hydrogens (tertiary/aromatic N) is 2. The van der Waals surface area contributed by atoms with Gasteiger partial charge in [0.15, 0.2) is 0 Å². The SMILES string of the molecule is CC(C)(C)c1occ2ccnnc12. The Balaban J connectivity index is 2.72. The molecule has 13 heavy (non-hydrogen) atoms. The Kier molecular flexibility index (Phi) is 1.62. The minimum absolute atomic E-state index is 0.0161. The van der Waals surface area contributed by atoms with E-state index in [1.54, 1.807) is 12.5 Å². The van der Waals surface area contributed by atoms with Crippen LogP contribution in [-0.2, 0) is 5.41 Å². The van der Waals surface area contributed by atoms with Crippen molar-refractivity contribution in [1.29, 1.82) is 0 Å². The third-order valence-electron chi connectivity index (χ3n) is 1.95. The monoisotopic (exact) mass is 176 g/mol. The molecule has 0 bridgehead atoms. The first-order valence-electron chi connectivity index (χ1n) is 4.28. The average Bonchev–Trinajstić information content (AvgIpc) is 2.45. The summed E-state index contributed by atoms with van der Waals surface area (Å²) in [5.74, 6) is 0.899. The lowest BCUT2D eigenvalue weighted by Gasteiger charge is -2.14. The predicted molar refractivity (Wildman–Crippen MR) is 50.5 cm³/mol. The van der Waals surface area contributed by atoms with Crippen LogP contribution in [0.4, 0.5) is 0 Å². The zero-order valence-electron chi connectivity index (χ0n) is 8.03. The molecule has 0 fully saturated rings.